The minimum atomic E-state index is -0.557. The van der Waals surface area contributed by atoms with Crippen LogP contribution in [0.3, 0.4) is 0 Å². The first-order chi connectivity index (χ1) is 9.08. The maximum Gasteiger partial charge on any atom is 0.289 e. The van der Waals surface area contributed by atoms with Gasteiger partial charge in [-0.1, -0.05) is 30.9 Å². The van der Waals surface area contributed by atoms with Crippen molar-refractivity contribution in [1.82, 2.24) is 0 Å². The number of benzene rings is 1. The minimum Gasteiger partial charge on any atom is -0.326 e. The molecule has 0 radical (unpaired) electrons. The molecule has 0 spiro atoms. The first-order valence-corrected chi connectivity index (χ1v) is 6.70. The second-order valence-electron chi connectivity index (χ2n) is 4.75. The third-order valence-corrected chi connectivity index (χ3v) is 3.71. The number of amides is 1. The Balaban J connectivity index is 2.08. The number of anilines is 1. The Kier molecular flexibility index (Phi) is 4.37. The van der Waals surface area contributed by atoms with E-state index in [0.717, 1.165) is 25.7 Å². The van der Waals surface area contributed by atoms with Crippen molar-refractivity contribution in [3.63, 3.8) is 0 Å². The van der Waals surface area contributed by atoms with Crippen LogP contribution in [0.2, 0.25) is 5.02 Å². The van der Waals surface area contributed by atoms with Gasteiger partial charge in [0.15, 0.2) is 0 Å². The molecule has 1 aliphatic carbocycles. The van der Waals surface area contributed by atoms with Gasteiger partial charge in [-0.3, -0.25) is 14.9 Å². The van der Waals surface area contributed by atoms with E-state index in [1.54, 1.807) is 6.07 Å². The third kappa shape index (κ3) is 3.44. The zero-order valence-electron chi connectivity index (χ0n) is 10.4. The van der Waals surface area contributed by atoms with E-state index < -0.39 is 4.92 Å². The predicted molar refractivity (Wildman–Crippen MR) is 73.3 cm³/mol. The summed E-state index contributed by atoms with van der Waals surface area (Å²) in [4.78, 5) is 22.2. The molecule has 5 nitrogen and oxygen atoms in total. The Bertz CT molecular complexity index is 499. The average Bonchev–Trinajstić information content (AvgIpc) is 2.41. The molecular formula is C13H15ClN2O3. The molecule has 0 aromatic heterocycles. The van der Waals surface area contributed by atoms with Crippen molar-refractivity contribution in [3.8, 4) is 0 Å². The van der Waals surface area contributed by atoms with E-state index in [1.807, 2.05) is 0 Å². The number of halogens is 1. The first-order valence-electron chi connectivity index (χ1n) is 6.33. The second-order valence-corrected chi connectivity index (χ2v) is 5.15. The molecule has 1 aromatic carbocycles. The standard InChI is InChI=1S/C13H15ClN2O3/c14-11-7-6-10(8-12(11)16(18)19)15-13(17)9-4-2-1-3-5-9/h6-9H,1-5H2,(H,15,17). The quantitative estimate of drug-likeness (QED) is 0.677. The number of carbonyl (C=O) groups excluding carboxylic acids is 1. The van der Waals surface area contributed by atoms with Crippen LogP contribution in [0.4, 0.5) is 11.4 Å². The highest BCUT2D eigenvalue weighted by Gasteiger charge is 2.22. The Labute approximate surface area is 116 Å². The molecule has 1 aromatic rings. The summed E-state index contributed by atoms with van der Waals surface area (Å²) in [5.41, 5.74) is 0.231. The summed E-state index contributed by atoms with van der Waals surface area (Å²) in [5.74, 6) is -0.0418. The molecule has 1 N–H and O–H groups in total. The molecule has 1 fully saturated rings. The Morgan fingerprint density at radius 1 is 1.32 bits per heavy atom. The summed E-state index contributed by atoms with van der Waals surface area (Å²) in [6.07, 6.45) is 5.09. The summed E-state index contributed by atoms with van der Waals surface area (Å²) < 4.78 is 0. The van der Waals surface area contributed by atoms with Crippen molar-refractivity contribution in [2.24, 2.45) is 5.92 Å². The maximum atomic E-state index is 12.0. The van der Waals surface area contributed by atoms with Crippen molar-refractivity contribution >= 4 is 28.9 Å². The molecule has 0 unspecified atom stereocenters. The number of nitro benzene ring substituents is 1. The smallest absolute Gasteiger partial charge is 0.289 e. The molecule has 0 bridgehead atoms. The molecule has 2 rings (SSSR count). The third-order valence-electron chi connectivity index (χ3n) is 3.39. The van der Waals surface area contributed by atoms with Crippen molar-refractivity contribution in [2.45, 2.75) is 32.1 Å². The van der Waals surface area contributed by atoms with Crippen LogP contribution in [0.15, 0.2) is 18.2 Å². The van der Waals surface area contributed by atoms with Crippen LogP contribution in [0.5, 0.6) is 0 Å². The van der Waals surface area contributed by atoms with Crippen molar-refractivity contribution in [3.05, 3.63) is 33.3 Å². The van der Waals surface area contributed by atoms with E-state index in [4.69, 9.17) is 11.6 Å². The van der Waals surface area contributed by atoms with Crippen LogP contribution in [0.25, 0.3) is 0 Å². The van der Waals surface area contributed by atoms with Gasteiger partial charge in [-0.15, -0.1) is 0 Å². The van der Waals surface area contributed by atoms with Crippen LogP contribution >= 0.6 is 11.6 Å². The Morgan fingerprint density at radius 3 is 2.63 bits per heavy atom. The summed E-state index contributed by atoms with van der Waals surface area (Å²) in [5, 5.41) is 13.6. The first kappa shape index (κ1) is 13.8. The molecule has 102 valence electrons. The van der Waals surface area contributed by atoms with Gasteiger partial charge in [0.25, 0.3) is 5.69 Å². The minimum absolute atomic E-state index is 0.0171. The lowest BCUT2D eigenvalue weighted by Gasteiger charge is -2.20. The van der Waals surface area contributed by atoms with Gasteiger partial charge >= 0.3 is 0 Å². The van der Waals surface area contributed by atoms with Gasteiger partial charge in [-0.2, -0.15) is 0 Å². The number of nitro groups is 1. The largest absolute Gasteiger partial charge is 0.326 e. The topological polar surface area (TPSA) is 72.2 Å². The number of nitrogens with zero attached hydrogens (tertiary/aromatic N) is 1. The van der Waals surface area contributed by atoms with E-state index in [0.29, 0.717) is 5.69 Å². The SMILES string of the molecule is O=C(Nc1ccc(Cl)c([N+](=O)[O-])c1)C1CCCCC1. The molecule has 0 atom stereocenters. The summed E-state index contributed by atoms with van der Waals surface area (Å²) in [7, 11) is 0. The zero-order chi connectivity index (χ0) is 13.8. The van der Waals surface area contributed by atoms with Gasteiger partial charge in [0.2, 0.25) is 5.91 Å². The number of nitrogens with one attached hydrogen (secondary N) is 1. The highest BCUT2D eigenvalue weighted by Crippen LogP contribution is 2.29. The second kappa shape index (κ2) is 6.02. The number of hydrogen-bond acceptors (Lipinski definition) is 3. The van der Waals surface area contributed by atoms with E-state index in [9.17, 15) is 14.9 Å². The maximum absolute atomic E-state index is 12.0. The van der Waals surface area contributed by atoms with E-state index in [2.05, 4.69) is 5.32 Å². The fraction of sp³-hybridized carbons (Fsp3) is 0.462. The van der Waals surface area contributed by atoms with Crippen molar-refractivity contribution in [2.75, 3.05) is 5.32 Å². The van der Waals surface area contributed by atoms with Crippen LogP contribution in [0.1, 0.15) is 32.1 Å². The summed E-state index contributed by atoms with van der Waals surface area (Å²) in [6, 6.07) is 4.30. The highest BCUT2D eigenvalue weighted by atomic mass is 35.5. The zero-order valence-corrected chi connectivity index (χ0v) is 11.2. The molecule has 19 heavy (non-hydrogen) atoms. The average molecular weight is 283 g/mol. The van der Waals surface area contributed by atoms with E-state index >= 15 is 0 Å². The lowest BCUT2D eigenvalue weighted by Crippen LogP contribution is -2.24. The Morgan fingerprint density at radius 2 is 2.00 bits per heavy atom. The van der Waals surface area contributed by atoms with Crippen molar-refractivity contribution in [1.29, 1.82) is 0 Å². The molecule has 1 amide bonds. The lowest BCUT2D eigenvalue weighted by atomic mass is 9.88. The number of carbonyl (C=O) groups is 1. The fourth-order valence-electron chi connectivity index (χ4n) is 2.34. The predicted octanol–water partition coefficient (Wildman–Crippen LogP) is 3.77. The molecule has 0 heterocycles. The normalized spacial score (nSPS) is 16.1. The summed E-state index contributed by atoms with van der Waals surface area (Å²) >= 11 is 5.72. The molecular weight excluding hydrogens is 268 g/mol. The molecule has 0 aliphatic heterocycles. The molecule has 6 heteroatoms. The Hall–Kier alpha value is -1.62. The van der Waals surface area contributed by atoms with Gasteiger partial charge in [-0.25, -0.2) is 0 Å². The molecule has 1 aliphatic rings. The van der Waals surface area contributed by atoms with Gasteiger partial charge < -0.3 is 5.32 Å². The molecule has 1 saturated carbocycles. The monoisotopic (exact) mass is 282 g/mol. The highest BCUT2D eigenvalue weighted by molar-refractivity contribution is 6.32. The van der Waals surface area contributed by atoms with Crippen molar-refractivity contribution < 1.29 is 9.72 Å². The van der Waals surface area contributed by atoms with Gasteiger partial charge in [0.05, 0.1) is 4.92 Å². The van der Waals surface area contributed by atoms with Gasteiger partial charge in [0, 0.05) is 17.7 Å². The van der Waals surface area contributed by atoms with Gasteiger partial charge in [-0.05, 0) is 25.0 Å². The fourth-order valence-corrected chi connectivity index (χ4v) is 2.53. The lowest BCUT2D eigenvalue weighted by molar-refractivity contribution is -0.384. The number of rotatable bonds is 3. The van der Waals surface area contributed by atoms with Crippen LogP contribution in [-0.4, -0.2) is 10.8 Å². The summed E-state index contributed by atoms with van der Waals surface area (Å²) in [6.45, 7) is 0. The van der Waals surface area contributed by atoms with Gasteiger partial charge in [0.1, 0.15) is 5.02 Å². The van der Waals surface area contributed by atoms with E-state index in [1.165, 1.54) is 18.6 Å². The van der Waals surface area contributed by atoms with Crippen LogP contribution in [-0.2, 0) is 4.79 Å². The van der Waals surface area contributed by atoms with Crippen LogP contribution in [0, 0.1) is 16.0 Å². The van der Waals surface area contributed by atoms with E-state index in [-0.39, 0.29) is 22.5 Å². The van der Waals surface area contributed by atoms with Crippen LogP contribution < -0.4 is 5.32 Å². The number of hydrogen-bond donors (Lipinski definition) is 1. The molecule has 0 saturated heterocycles.